The molecule has 0 N–H and O–H groups in total. The Hall–Kier alpha value is -2.54. The van der Waals surface area contributed by atoms with Gasteiger partial charge in [-0.2, -0.15) is 0 Å². The second-order valence-corrected chi connectivity index (χ2v) is 8.52. The van der Waals surface area contributed by atoms with Gasteiger partial charge in [0.1, 0.15) is 23.1 Å². The minimum absolute atomic E-state index is 0.0136. The van der Waals surface area contributed by atoms with Crippen molar-refractivity contribution in [3.05, 3.63) is 54.1 Å². The molecule has 0 aliphatic carbocycles. The van der Waals surface area contributed by atoms with E-state index in [-0.39, 0.29) is 11.7 Å². The van der Waals surface area contributed by atoms with E-state index in [0.29, 0.717) is 18.1 Å². The number of sulfonamides is 1. The Morgan fingerprint density at radius 3 is 2.59 bits per heavy atom. The highest BCUT2D eigenvalue weighted by Gasteiger charge is 2.33. The Morgan fingerprint density at radius 1 is 1.04 bits per heavy atom. The van der Waals surface area contributed by atoms with Gasteiger partial charge in [0.05, 0.1) is 12.9 Å². The normalized spacial score (nSPS) is 21.1. The molecule has 2 aliphatic heterocycles. The van der Waals surface area contributed by atoms with Gasteiger partial charge in [0, 0.05) is 25.1 Å². The van der Waals surface area contributed by atoms with Crippen LogP contribution in [0.15, 0.2) is 52.9 Å². The van der Waals surface area contributed by atoms with Gasteiger partial charge >= 0.3 is 0 Å². The van der Waals surface area contributed by atoms with Crippen molar-refractivity contribution in [1.29, 1.82) is 0 Å². The summed E-state index contributed by atoms with van der Waals surface area (Å²) in [5, 5.41) is 0. The minimum atomic E-state index is -3.34. The van der Waals surface area contributed by atoms with Crippen LogP contribution >= 0.6 is 0 Å². The lowest BCUT2D eigenvalue weighted by molar-refractivity contribution is 0.366. The van der Waals surface area contributed by atoms with Crippen molar-refractivity contribution in [3.8, 4) is 17.2 Å². The van der Waals surface area contributed by atoms with Crippen molar-refractivity contribution in [3.63, 3.8) is 0 Å². The largest absolute Gasteiger partial charge is 0.497 e. The van der Waals surface area contributed by atoms with Crippen LogP contribution < -0.4 is 9.47 Å². The third-order valence-corrected chi connectivity index (χ3v) is 6.13. The smallest absolute Gasteiger partial charge is 0.256 e. The maximum atomic E-state index is 11.9. The van der Waals surface area contributed by atoms with E-state index in [1.807, 2.05) is 48.5 Å². The van der Waals surface area contributed by atoms with Gasteiger partial charge in [-0.15, -0.1) is 4.40 Å². The van der Waals surface area contributed by atoms with Crippen LogP contribution in [0.25, 0.3) is 0 Å². The Bertz CT molecular complexity index is 954. The molecule has 2 heterocycles. The van der Waals surface area contributed by atoms with Gasteiger partial charge in [-0.1, -0.05) is 18.2 Å². The quantitative estimate of drug-likeness (QED) is 0.805. The fraction of sp³-hybridized carbons (Fsp3) is 0.350. The number of fused-ring (bicyclic) bond motifs is 1. The lowest BCUT2D eigenvalue weighted by Gasteiger charge is -2.37. The summed E-state index contributed by atoms with van der Waals surface area (Å²) in [5.74, 6) is 2.97. The molecule has 0 bridgehead atoms. The fourth-order valence-electron chi connectivity index (χ4n) is 3.60. The summed E-state index contributed by atoms with van der Waals surface area (Å²) in [6.07, 6.45) is 1.94. The third-order valence-electron chi connectivity index (χ3n) is 4.97. The van der Waals surface area contributed by atoms with Crippen molar-refractivity contribution < 1.29 is 17.9 Å². The molecule has 1 saturated heterocycles. The van der Waals surface area contributed by atoms with Gasteiger partial charge < -0.3 is 14.4 Å². The van der Waals surface area contributed by atoms with Gasteiger partial charge in [-0.3, -0.25) is 0 Å². The van der Waals surface area contributed by atoms with Crippen LogP contribution in [-0.4, -0.2) is 45.1 Å². The summed E-state index contributed by atoms with van der Waals surface area (Å²) in [7, 11) is -1.72. The Morgan fingerprint density at radius 2 is 1.81 bits per heavy atom. The molecule has 0 radical (unpaired) electrons. The highest BCUT2D eigenvalue weighted by Crippen LogP contribution is 2.33. The van der Waals surface area contributed by atoms with Gasteiger partial charge in [0.2, 0.25) is 0 Å². The Kier molecular flexibility index (Phi) is 4.78. The molecular weight excluding hydrogens is 364 g/mol. The number of piperidine rings is 1. The summed E-state index contributed by atoms with van der Waals surface area (Å²) < 4.78 is 39.1. The van der Waals surface area contributed by atoms with Crippen LogP contribution in [0.3, 0.4) is 0 Å². The topological polar surface area (TPSA) is 68.2 Å². The summed E-state index contributed by atoms with van der Waals surface area (Å²) in [6, 6.07) is 15.2. The number of hydrogen-bond acceptors (Lipinski definition) is 5. The highest BCUT2D eigenvalue weighted by atomic mass is 32.2. The maximum absolute atomic E-state index is 11.9. The number of ether oxygens (including phenoxy) is 2. The van der Waals surface area contributed by atoms with Crippen molar-refractivity contribution in [2.24, 2.45) is 4.40 Å². The second kappa shape index (κ2) is 7.23. The van der Waals surface area contributed by atoms with Crippen LogP contribution in [0.5, 0.6) is 17.2 Å². The molecule has 6 nitrogen and oxygen atoms in total. The van der Waals surface area contributed by atoms with Crippen molar-refractivity contribution in [2.45, 2.75) is 18.8 Å². The molecule has 1 fully saturated rings. The SMILES string of the molecule is COc1cccc(Oc2ccc([C@@H]3CCCN4CCS(=O)(=O)N=C34)cc2)c1. The predicted octanol–water partition coefficient (Wildman–Crippen LogP) is 3.41. The number of hydrogen-bond donors (Lipinski definition) is 0. The summed E-state index contributed by atoms with van der Waals surface area (Å²) in [5.41, 5.74) is 1.06. The van der Waals surface area contributed by atoms with Crippen LogP contribution in [0.1, 0.15) is 24.3 Å². The third kappa shape index (κ3) is 3.93. The summed E-state index contributed by atoms with van der Waals surface area (Å²) in [4.78, 5) is 2.11. The molecule has 2 aliphatic rings. The molecule has 2 aromatic rings. The molecule has 7 heteroatoms. The lowest BCUT2D eigenvalue weighted by Crippen LogP contribution is -2.46. The molecule has 0 spiro atoms. The van der Waals surface area contributed by atoms with Gasteiger partial charge in [-0.25, -0.2) is 8.42 Å². The van der Waals surface area contributed by atoms with Gasteiger partial charge in [0.15, 0.2) is 0 Å². The van der Waals surface area contributed by atoms with E-state index in [9.17, 15) is 8.42 Å². The average Bonchev–Trinajstić information content (AvgIpc) is 2.68. The summed E-state index contributed by atoms with van der Waals surface area (Å²) in [6.45, 7) is 1.41. The number of methoxy groups -OCH3 is 1. The average molecular weight is 386 g/mol. The Balaban J connectivity index is 1.55. The zero-order valence-corrected chi connectivity index (χ0v) is 16.0. The lowest BCUT2D eigenvalue weighted by atomic mass is 9.89. The first kappa shape index (κ1) is 17.9. The van der Waals surface area contributed by atoms with Crippen molar-refractivity contribution in [2.75, 3.05) is 26.0 Å². The zero-order chi connectivity index (χ0) is 18.9. The van der Waals surface area contributed by atoms with Gasteiger partial charge in [0.25, 0.3) is 10.0 Å². The highest BCUT2D eigenvalue weighted by molar-refractivity contribution is 7.90. The molecule has 27 heavy (non-hydrogen) atoms. The van der Waals surface area contributed by atoms with E-state index in [4.69, 9.17) is 9.47 Å². The molecule has 0 amide bonds. The standard InChI is InChI=1S/C20H22N2O4S/c1-25-17-4-2-5-18(14-17)26-16-9-7-15(8-10-16)19-6-3-11-22-12-13-27(23,24)21-20(19)22/h2,4-5,7-10,14,19H,3,6,11-13H2,1H3/t19-/m0/s1. The summed E-state index contributed by atoms with van der Waals surface area (Å²) >= 11 is 0. The van der Waals surface area contributed by atoms with Crippen LogP contribution in [0.2, 0.25) is 0 Å². The number of benzene rings is 2. The van der Waals surface area contributed by atoms with E-state index in [1.165, 1.54) is 0 Å². The monoisotopic (exact) mass is 386 g/mol. The van der Waals surface area contributed by atoms with Crippen LogP contribution in [0.4, 0.5) is 0 Å². The molecule has 2 aromatic carbocycles. The predicted molar refractivity (Wildman–Crippen MR) is 104 cm³/mol. The maximum Gasteiger partial charge on any atom is 0.256 e. The molecule has 142 valence electrons. The van der Waals surface area contributed by atoms with E-state index >= 15 is 0 Å². The van der Waals surface area contributed by atoms with Crippen LogP contribution in [-0.2, 0) is 10.0 Å². The molecule has 1 atom stereocenters. The van der Waals surface area contributed by atoms with Gasteiger partial charge in [-0.05, 0) is 42.7 Å². The Labute approximate surface area is 159 Å². The molecule has 0 aromatic heterocycles. The first-order chi connectivity index (χ1) is 13.0. The first-order valence-electron chi connectivity index (χ1n) is 9.03. The van der Waals surface area contributed by atoms with Crippen molar-refractivity contribution in [1.82, 2.24) is 4.90 Å². The number of rotatable bonds is 4. The zero-order valence-electron chi connectivity index (χ0n) is 15.2. The number of amidine groups is 1. The minimum Gasteiger partial charge on any atom is -0.497 e. The van der Waals surface area contributed by atoms with E-state index < -0.39 is 10.0 Å². The van der Waals surface area contributed by atoms with E-state index in [1.54, 1.807) is 7.11 Å². The fourth-order valence-corrected chi connectivity index (χ4v) is 4.67. The van der Waals surface area contributed by atoms with Crippen molar-refractivity contribution >= 4 is 15.9 Å². The first-order valence-corrected chi connectivity index (χ1v) is 10.6. The number of nitrogens with zero attached hydrogens (tertiary/aromatic N) is 2. The molecule has 0 saturated carbocycles. The molecule has 4 rings (SSSR count). The van der Waals surface area contributed by atoms with Crippen LogP contribution in [0, 0.1) is 0 Å². The second-order valence-electron chi connectivity index (χ2n) is 6.77. The molecule has 0 unspecified atom stereocenters. The van der Waals surface area contributed by atoms with E-state index in [2.05, 4.69) is 9.30 Å². The molecular formula is C20H22N2O4S. The van der Waals surface area contributed by atoms with E-state index in [0.717, 1.165) is 36.4 Å².